The summed E-state index contributed by atoms with van der Waals surface area (Å²) in [5, 5.41) is 0. The van der Waals surface area contributed by atoms with E-state index in [0.29, 0.717) is 0 Å². The van der Waals surface area contributed by atoms with E-state index in [2.05, 4.69) is 0 Å². The largest absolute Gasteiger partial charge is 0.315 e. The number of hydrogen-bond acceptors (Lipinski definition) is 3. The van der Waals surface area contributed by atoms with Crippen LogP contribution in [0.5, 0.6) is 0 Å². The minimum atomic E-state index is -0.199. The predicted octanol–water partition coefficient (Wildman–Crippen LogP) is -1.21. The maximum Gasteiger partial charge on any atom is 0.0652 e. The molecule has 0 heterocycles. The lowest BCUT2D eigenvalue weighted by Gasteiger charge is -2.11. The lowest BCUT2D eigenvalue weighted by Crippen LogP contribution is -2.40. The highest BCUT2D eigenvalue weighted by Gasteiger charge is 1.92. The number of rotatable bonds is 2. The van der Waals surface area contributed by atoms with Gasteiger partial charge in [0.05, 0.1) is 6.17 Å². The van der Waals surface area contributed by atoms with Crippen molar-refractivity contribution in [2.45, 2.75) is 6.17 Å². The van der Waals surface area contributed by atoms with E-state index in [1.807, 2.05) is 19.0 Å². The third-order valence-corrected chi connectivity index (χ3v) is 0.576. The third kappa shape index (κ3) is 5.88. The molecule has 0 radical (unpaired) electrons. The van der Waals surface area contributed by atoms with Crippen molar-refractivity contribution in [3.05, 3.63) is 0 Å². The van der Waals surface area contributed by atoms with Gasteiger partial charge in [0, 0.05) is 6.54 Å². The van der Waals surface area contributed by atoms with Crippen LogP contribution >= 0.6 is 0 Å². The third-order valence-electron chi connectivity index (χ3n) is 0.576. The predicted molar refractivity (Wildman–Crippen MR) is 30.7 cm³/mol. The van der Waals surface area contributed by atoms with Crippen molar-refractivity contribution in [2.24, 2.45) is 11.5 Å². The molecule has 0 fully saturated rings. The molecule has 3 heteroatoms. The van der Waals surface area contributed by atoms with Crippen LogP contribution in [0.4, 0.5) is 0 Å². The van der Waals surface area contributed by atoms with Gasteiger partial charge in [-0.25, -0.2) is 0 Å². The van der Waals surface area contributed by atoms with E-state index in [-0.39, 0.29) is 6.17 Å². The lowest BCUT2D eigenvalue weighted by atomic mass is 10.5. The van der Waals surface area contributed by atoms with Crippen LogP contribution in [0.1, 0.15) is 0 Å². The molecule has 0 rings (SSSR count). The zero-order valence-electron chi connectivity index (χ0n) is 4.89. The highest BCUT2D eigenvalue weighted by atomic mass is 15.1. The van der Waals surface area contributed by atoms with Crippen LogP contribution in [0.25, 0.3) is 0 Å². The fourth-order valence-electron chi connectivity index (χ4n) is 0.422. The van der Waals surface area contributed by atoms with Crippen LogP contribution < -0.4 is 11.5 Å². The van der Waals surface area contributed by atoms with Gasteiger partial charge in [0.2, 0.25) is 0 Å². The molecule has 0 amide bonds. The molecule has 7 heavy (non-hydrogen) atoms. The summed E-state index contributed by atoms with van der Waals surface area (Å²) in [6.45, 7) is 0.750. The molecule has 0 bridgehead atoms. The molecular formula is C4H13N3. The van der Waals surface area contributed by atoms with Crippen molar-refractivity contribution in [3.63, 3.8) is 0 Å². The Hall–Kier alpha value is -0.120. The van der Waals surface area contributed by atoms with Gasteiger partial charge in [-0.05, 0) is 14.1 Å². The van der Waals surface area contributed by atoms with Crippen LogP contribution in [0.15, 0.2) is 0 Å². The van der Waals surface area contributed by atoms with Gasteiger partial charge in [0.1, 0.15) is 0 Å². The average molecular weight is 103 g/mol. The Morgan fingerprint density at radius 3 is 1.86 bits per heavy atom. The molecule has 0 aliphatic heterocycles. The molecule has 0 spiro atoms. The summed E-state index contributed by atoms with van der Waals surface area (Å²) < 4.78 is 0. The Balaban J connectivity index is 2.95. The van der Waals surface area contributed by atoms with Crippen LogP contribution in [0.2, 0.25) is 0 Å². The van der Waals surface area contributed by atoms with E-state index >= 15 is 0 Å². The van der Waals surface area contributed by atoms with Gasteiger partial charge < -0.3 is 16.4 Å². The zero-order chi connectivity index (χ0) is 5.86. The van der Waals surface area contributed by atoms with E-state index in [1.165, 1.54) is 0 Å². The van der Waals surface area contributed by atoms with Gasteiger partial charge in [-0.3, -0.25) is 0 Å². The number of nitrogens with zero attached hydrogens (tertiary/aromatic N) is 1. The second-order valence-corrected chi connectivity index (χ2v) is 1.93. The molecule has 0 atom stereocenters. The maximum absolute atomic E-state index is 5.23. The SMILES string of the molecule is CN(C)CC(N)N. The normalized spacial score (nSPS) is 11.1. The summed E-state index contributed by atoms with van der Waals surface area (Å²) in [7, 11) is 3.87. The molecule has 0 aliphatic rings. The monoisotopic (exact) mass is 103 g/mol. The van der Waals surface area contributed by atoms with Gasteiger partial charge in [-0.15, -0.1) is 0 Å². The second kappa shape index (κ2) is 2.96. The maximum atomic E-state index is 5.23. The highest BCUT2D eigenvalue weighted by molar-refractivity contribution is 4.52. The van der Waals surface area contributed by atoms with Crippen molar-refractivity contribution in [2.75, 3.05) is 20.6 Å². The van der Waals surface area contributed by atoms with Crippen molar-refractivity contribution >= 4 is 0 Å². The van der Waals surface area contributed by atoms with Gasteiger partial charge in [0.15, 0.2) is 0 Å². The summed E-state index contributed by atoms with van der Waals surface area (Å²) >= 11 is 0. The highest BCUT2D eigenvalue weighted by Crippen LogP contribution is 1.70. The molecule has 3 nitrogen and oxygen atoms in total. The Morgan fingerprint density at radius 1 is 1.43 bits per heavy atom. The minimum absolute atomic E-state index is 0.199. The Labute approximate surface area is 44.3 Å². The van der Waals surface area contributed by atoms with E-state index < -0.39 is 0 Å². The standard InChI is InChI=1S/C4H13N3/c1-7(2)3-4(5)6/h4H,3,5-6H2,1-2H3. The first-order chi connectivity index (χ1) is 3.13. The lowest BCUT2D eigenvalue weighted by molar-refractivity contribution is 0.376. The number of nitrogens with two attached hydrogens (primary N) is 2. The Bertz CT molecular complexity index is 36.2. The Morgan fingerprint density at radius 2 is 1.86 bits per heavy atom. The Kier molecular flexibility index (Phi) is 2.91. The first-order valence-electron chi connectivity index (χ1n) is 2.29. The molecule has 0 aromatic heterocycles. The molecule has 0 saturated carbocycles. The summed E-state index contributed by atoms with van der Waals surface area (Å²) in [6.07, 6.45) is -0.199. The molecule has 0 saturated heterocycles. The molecular weight excluding hydrogens is 90.1 g/mol. The van der Waals surface area contributed by atoms with E-state index in [9.17, 15) is 0 Å². The summed E-state index contributed by atoms with van der Waals surface area (Å²) in [4.78, 5) is 1.95. The fraction of sp³-hybridized carbons (Fsp3) is 1.00. The molecule has 0 aliphatic carbocycles. The van der Waals surface area contributed by atoms with Crippen molar-refractivity contribution < 1.29 is 0 Å². The van der Waals surface area contributed by atoms with Crippen molar-refractivity contribution in [1.82, 2.24) is 4.90 Å². The van der Waals surface area contributed by atoms with Crippen LogP contribution in [-0.2, 0) is 0 Å². The van der Waals surface area contributed by atoms with Gasteiger partial charge in [-0.2, -0.15) is 0 Å². The minimum Gasteiger partial charge on any atom is -0.315 e. The quantitative estimate of drug-likeness (QED) is 0.431. The molecule has 0 aromatic carbocycles. The van der Waals surface area contributed by atoms with Gasteiger partial charge in [0.25, 0.3) is 0 Å². The average Bonchev–Trinajstić information content (AvgIpc) is 1.27. The topological polar surface area (TPSA) is 55.3 Å². The number of likely N-dealkylation sites (N-methyl/N-ethyl adjacent to an activating group) is 1. The zero-order valence-corrected chi connectivity index (χ0v) is 4.89. The molecule has 0 aromatic rings. The smallest absolute Gasteiger partial charge is 0.0652 e. The van der Waals surface area contributed by atoms with Crippen LogP contribution in [0, 0.1) is 0 Å². The van der Waals surface area contributed by atoms with Gasteiger partial charge >= 0.3 is 0 Å². The fourth-order valence-corrected chi connectivity index (χ4v) is 0.422. The molecule has 0 unspecified atom stereocenters. The summed E-state index contributed by atoms with van der Waals surface area (Å²) in [6, 6.07) is 0. The summed E-state index contributed by atoms with van der Waals surface area (Å²) in [5.74, 6) is 0. The first kappa shape index (κ1) is 6.88. The van der Waals surface area contributed by atoms with E-state index in [1.54, 1.807) is 0 Å². The van der Waals surface area contributed by atoms with Crippen molar-refractivity contribution in [3.8, 4) is 0 Å². The van der Waals surface area contributed by atoms with E-state index in [0.717, 1.165) is 6.54 Å². The second-order valence-electron chi connectivity index (χ2n) is 1.93. The molecule has 4 N–H and O–H groups in total. The molecule has 44 valence electrons. The first-order valence-corrected chi connectivity index (χ1v) is 2.29. The van der Waals surface area contributed by atoms with Gasteiger partial charge in [-0.1, -0.05) is 0 Å². The number of hydrogen-bond donors (Lipinski definition) is 2. The van der Waals surface area contributed by atoms with Crippen LogP contribution in [-0.4, -0.2) is 31.7 Å². The van der Waals surface area contributed by atoms with Crippen molar-refractivity contribution in [1.29, 1.82) is 0 Å². The van der Waals surface area contributed by atoms with Crippen LogP contribution in [0.3, 0.4) is 0 Å². The summed E-state index contributed by atoms with van der Waals surface area (Å²) in [5.41, 5.74) is 10.5. The van der Waals surface area contributed by atoms with E-state index in [4.69, 9.17) is 11.5 Å².